The van der Waals surface area contributed by atoms with E-state index in [1.807, 2.05) is 19.2 Å². The average molecular weight is 275 g/mol. The van der Waals surface area contributed by atoms with Gasteiger partial charge in [0.15, 0.2) is 0 Å². The molecule has 2 N–H and O–H groups in total. The van der Waals surface area contributed by atoms with Crippen molar-refractivity contribution in [1.29, 1.82) is 0 Å². The summed E-state index contributed by atoms with van der Waals surface area (Å²) in [7, 11) is 0. The van der Waals surface area contributed by atoms with E-state index in [1.54, 1.807) is 0 Å². The van der Waals surface area contributed by atoms with Crippen molar-refractivity contribution >= 4 is 5.82 Å². The van der Waals surface area contributed by atoms with E-state index in [2.05, 4.69) is 36.7 Å². The first-order chi connectivity index (χ1) is 9.39. The minimum Gasteiger partial charge on any atom is -0.356 e. The highest BCUT2D eigenvalue weighted by molar-refractivity contribution is 5.48. The van der Waals surface area contributed by atoms with E-state index in [4.69, 9.17) is 5.73 Å². The van der Waals surface area contributed by atoms with Crippen LogP contribution in [0.5, 0.6) is 0 Å². The molecule has 1 aliphatic rings. The first-order valence-electron chi connectivity index (χ1n) is 7.85. The molecule has 0 bridgehead atoms. The summed E-state index contributed by atoms with van der Waals surface area (Å²) in [4.78, 5) is 7.03. The highest BCUT2D eigenvalue weighted by Crippen LogP contribution is 2.35. The third-order valence-electron chi connectivity index (χ3n) is 4.56. The Morgan fingerprint density at radius 1 is 1.30 bits per heavy atom. The molecule has 0 aliphatic carbocycles. The van der Waals surface area contributed by atoms with Crippen molar-refractivity contribution in [2.75, 3.05) is 18.0 Å². The molecule has 1 aromatic heterocycles. The first-order valence-corrected chi connectivity index (χ1v) is 7.85. The van der Waals surface area contributed by atoms with Crippen LogP contribution in [0.3, 0.4) is 0 Å². The summed E-state index contributed by atoms with van der Waals surface area (Å²) in [6, 6.07) is 4.14. The Morgan fingerprint density at radius 3 is 2.70 bits per heavy atom. The lowest BCUT2D eigenvalue weighted by Gasteiger charge is -2.30. The molecule has 0 radical (unpaired) electrons. The Morgan fingerprint density at radius 2 is 2.05 bits per heavy atom. The summed E-state index contributed by atoms with van der Waals surface area (Å²) < 4.78 is 0. The molecule has 2 heterocycles. The van der Waals surface area contributed by atoms with E-state index >= 15 is 0 Å². The van der Waals surface area contributed by atoms with Gasteiger partial charge in [-0.1, -0.05) is 26.8 Å². The molecular formula is C17H29N3. The predicted molar refractivity (Wildman–Crippen MR) is 85.8 cm³/mol. The van der Waals surface area contributed by atoms with Crippen LogP contribution in [0.15, 0.2) is 18.3 Å². The summed E-state index contributed by atoms with van der Waals surface area (Å²) >= 11 is 0. The lowest BCUT2D eigenvalue weighted by molar-refractivity contribution is 0.220. The standard InChI is InChI=1S/C17H29N3/c1-13(18)15-8-5-10-19-16(15)20-11-6-7-14(9-12-20)17(2,3)4/h5,8,10,13-14H,6-7,9,11-12,18H2,1-4H3/t13-,14?/m1/s1. The molecule has 2 atom stereocenters. The van der Waals surface area contributed by atoms with Crippen molar-refractivity contribution in [3.05, 3.63) is 23.9 Å². The van der Waals surface area contributed by atoms with Gasteiger partial charge in [0, 0.05) is 30.9 Å². The number of anilines is 1. The molecule has 3 nitrogen and oxygen atoms in total. The second kappa shape index (κ2) is 6.13. The van der Waals surface area contributed by atoms with Crippen molar-refractivity contribution in [1.82, 2.24) is 4.98 Å². The van der Waals surface area contributed by atoms with Gasteiger partial charge in [-0.2, -0.15) is 0 Å². The zero-order chi connectivity index (χ0) is 14.8. The first kappa shape index (κ1) is 15.3. The second-order valence-corrected chi connectivity index (χ2v) is 7.19. The van der Waals surface area contributed by atoms with Gasteiger partial charge in [0.05, 0.1) is 0 Å². The van der Waals surface area contributed by atoms with E-state index in [9.17, 15) is 0 Å². The van der Waals surface area contributed by atoms with Crippen molar-refractivity contribution < 1.29 is 0 Å². The molecule has 3 heteroatoms. The smallest absolute Gasteiger partial charge is 0.133 e. The third-order valence-corrected chi connectivity index (χ3v) is 4.56. The van der Waals surface area contributed by atoms with E-state index < -0.39 is 0 Å². The van der Waals surface area contributed by atoms with Gasteiger partial charge < -0.3 is 10.6 Å². The molecule has 1 unspecified atom stereocenters. The summed E-state index contributed by atoms with van der Waals surface area (Å²) in [6.07, 6.45) is 5.70. The highest BCUT2D eigenvalue weighted by atomic mass is 15.2. The van der Waals surface area contributed by atoms with E-state index in [0.717, 1.165) is 24.8 Å². The van der Waals surface area contributed by atoms with Crippen LogP contribution in [0.25, 0.3) is 0 Å². The molecule has 20 heavy (non-hydrogen) atoms. The maximum Gasteiger partial charge on any atom is 0.133 e. The minimum absolute atomic E-state index is 0.0420. The van der Waals surface area contributed by atoms with Crippen LogP contribution in [-0.4, -0.2) is 18.1 Å². The molecule has 1 saturated heterocycles. The van der Waals surface area contributed by atoms with Crippen LogP contribution in [0.4, 0.5) is 5.82 Å². The second-order valence-electron chi connectivity index (χ2n) is 7.19. The van der Waals surface area contributed by atoms with Crippen molar-refractivity contribution in [3.63, 3.8) is 0 Å². The lowest BCUT2D eigenvalue weighted by Crippen LogP contribution is -2.28. The molecule has 112 valence electrons. The third kappa shape index (κ3) is 3.51. The number of hydrogen-bond acceptors (Lipinski definition) is 3. The summed E-state index contributed by atoms with van der Waals surface area (Å²) in [5, 5.41) is 0. The van der Waals surface area contributed by atoms with Crippen molar-refractivity contribution in [2.45, 2.75) is 53.0 Å². The number of nitrogens with zero attached hydrogens (tertiary/aromatic N) is 2. The summed E-state index contributed by atoms with van der Waals surface area (Å²) in [6.45, 7) is 11.3. The van der Waals surface area contributed by atoms with Crippen LogP contribution in [0.2, 0.25) is 0 Å². The van der Waals surface area contributed by atoms with Crippen LogP contribution in [-0.2, 0) is 0 Å². The Hall–Kier alpha value is -1.09. The maximum absolute atomic E-state index is 6.09. The lowest BCUT2D eigenvalue weighted by atomic mass is 9.77. The Kier molecular flexibility index (Phi) is 4.69. The summed E-state index contributed by atoms with van der Waals surface area (Å²) in [5.74, 6) is 1.90. The highest BCUT2D eigenvalue weighted by Gasteiger charge is 2.28. The minimum atomic E-state index is 0.0420. The van der Waals surface area contributed by atoms with Crippen LogP contribution >= 0.6 is 0 Å². The number of hydrogen-bond donors (Lipinski definition) is 1. The fourth-order valence-electron chi connectivity index (χ4n) is 3.20. The molecule has 0 spiro atoms. The number of rotatable bonds is 2. The van der Waals surface area contributed by atoms with Crippen molar-refractivity contribution in [2.24, 2.45) is 17.1 Å². The van der Waals surface area contributed by atoms with Crippen LogP contribution < -0.4 is 10.6 Å². The SMILES string of the molecule is C[C@@H](N)c1cccnc1N1CCCC(C(C)(C)C)CC1. The largest absolute Gasteiger partial charge is 0.356 e. The van der Waals surface area contributed by atoms with Gasteiger partial charge in [0.25, 0.3) is 0 Å². The van der Waals surface area contributed by atoms with Crippen LogP contribution in [0, 0.1) is 11.3 Å². The monoisotopic (exact) mass is 275 g/mol. The Labute approximate surface area is 123 Å². The maximum atomic E-state index is 6.09. The van der Waals surface area contributed by atoms with E-state index in [1.165, 1.54) is 24.8 Å². The molecule has 2 rings (SSSR count). The van der Waals surface area contributed by atoms with Crippen LogP contribution in [0.1, 0.15) is 58.6 Å². The summed E-state index contributed by atoms with van der Waals surface area (Å²) in [5.41, 5.74) is 7.67. The molecule has 0 amide bonds. The predicted octanol–water partition coefficient (Wildman–Crippen LogP) is 3.75. The Balaban J connectivity index is 2.15. The molecule has 1 fully saturated rings. The topological polar surface area (TPSA) is 42.1 Å². The van der Waals surface area contributed by atoms with Gasteiger partial charge in [-0.3, -0.25) is 0 Å². The van der Waals surface area contributed by atoms with E-state index in [0.29, 0.717) is 5.41 Å². The zero-order valence-corrected chi connectivity index (χ0v) is 13.4. The quantitative estimate of drug-likeness (QED) is 0.893. The molecule has 1 aromatic rings. The number of nitrogens with two attached hydrogens (primary N) is 1. The Bertz CT molecular complexity index is 434. The number of pyridine rings is 1. The molecule has 1 aliphatic heterocycles. The fourth-order valence-corrected chi connectivity index (χ4v) is 3.20. The van der Waals surface area contributed by atoms with Gasteiger partial charge in [-0.05, 0) is 43.6 Å². The van der Waals surface area contributed by atoms with Gasteiger partial charge in [0.2, 0.25) is 0 Å². The molecule has 0 aromatic carbocycles. The van der Waals surface area contributed by atoms with Gasteiger partial charge in [0.1, 0.15) is 5.82 Å². The molecular weight excluding hydrogens is 246 g/mol. The fraction of sp³-hybridized carbons (Fsp3) is 0.706. The average Bonchev–Trinajstić information content (AvgIpc) is 2.63. The van der Waals surface area contributed by atoms with Gasteiger partial charge in [-0.15, -0.1) is 0 Å². The normalized spacial score (nSPS) is 22.4. The van der Waals surface area contributed by atoms with Crippen molar-refractivity contribution in [3.8, 4) is 0 Å². The van der Waals surface area contributed by atoms with Gasteiger partial charge >= 0.3 is 0 Å². The van der Waals surface area contributed by atoms with E-state index in [-0.39, 0.29) is 6.04 Å². The number of aromatic nitrogens is 1. The zero-order valence-electron chi connectivity index (χ0n) is 13.4. The van der Waals surface area contributed by atoms with Gasteiger partial charge in [-0.25, -0.2) is 4.98 Å². The molecule has 0 saturated carbocycles.